The van der Waals surface area contributed by atoms with Crippen LogP contribution < -0.4 is 10.2 Å². The van der Waals surface area contributed by atoms with Gasteiger partial charge in [0.25, 0.3) is 5.91 Å². The average Bonchev–Trinajstić information content (AvgIpc) is 3.30. The van der Waals surface area contributed by atoms with Crippen LogP contribution in [-0.4, -0.2) is 19.0 Å². The number of rotatable bonds is 9. The molecule has 0 saturated heterocycles. The molecule has 0 radical (unpaired) electrons. The molecule has 2 heterocycles. The fraction of sp³-hybridized carbons (Fsp3) is 0.286. The highest BCUT2D eigenvalue weighted by atomic mass is 32.1. The molecule has 2 aromatic heterocycles. The second-order valence-corrected chi connectivity index (χ2v) is 8.53. The third-order valence-electron chi connectivity index (χ3n) is 4.40. The van der Waals surface area contributed by atoms with Crippen LogP contribution in [0.15, 0.2) is 59.3 Å². The van der Waals surface area contributed by atoms with Crippen LogP contribution in [0.2, 0.25) is 0 Å². The average molecular weight is 386 g/mol. The van der Waals surface area contributed by atoms with Crippen molar-refractivity contribution in [3.63, 3.8) is 0 Å². The van der Waals surface area contributed by atoms with Crippen LogP contribution in [0, 0.1) is 6.92 Å². The van der Waals surface area contributed by atoms with Crippen LogP contribution in [0.3, 0.4) is 0 Å². The molecule has 0 unspecified atom stereocenters. The fourth-order valence-corrected chi connectivity index (χ4v) is 4.58. The number of aryl methyl sites for hydroxylation is 1. The minimum atomic E-state index is 0.127. The second-order valence-electron chi connectivity index (χ2n) is 6.47. The number of hydrogen-bond donors (Lipinski definition) is 2. The van der Waals surface area contributed by atoms with E-state index in [2.05, 4.69) is 65.5 Å². The summed E-state index contributed by atoms with van der Waals surface area (Å²) < 4.78 is 0. The summed E-state index contributed by atoms with van der Waals surface area (Å²) in [5, 5.41) is 7.29. The maximum absolute atomic E-state index is 12.5. The quantitative estimate of drug-likeness (QED) is 0.583. The molecule has 1 aromatic carbocycles. The number of thiophene rings is 2. The second kappa shape index (κ2) is 9.67. The number of amides is 1. The van der Waals surface area contributed by atoms with Gasteiger partial charge < -0.3 is 10.2 Å². The van der Waals surface area contributed by atoms with Crippen molar-refractivity contribution in [2.45, 2.75) is 26.4 Å². The van der Waals surface area contributed by atoms with Gasteiger partial charge in [0.15, 0.2) is 6.54 Å². The molecular weight excluding hydrogens is 360 g/mol. The van der Waals surface area contributed by atoms with Crippen molar-refractivity contribution in [2.24, 2.45) is 0 Å². The summed E-state index contributed by atoms with van der Waals surface area (Å²) in [5.74, 6) is 0.127. The predicted molar refractivity (Wildman–Crippen MR) is 110 cm³/mol. The summed E-state index contributed by atoms with van der Waals surface area (Å²) in [6, 6.07) is 16.8. The molecule has 3 aromatic rings. The van der Waals surface area contributed by atoms with Crippen LogP contribution in [0.25, 0.3) is 0 Å². The first-order valence-corrected chi connectivity index (χ1v) is 10.7. The molecular formula is C21H25N2OS2+. The molecule has 0 spiro atoms. The van der Waals surface area contributed by atoms with Gasteiger partial charge in [-0.25, -0.2) is 0 Å². The molecule has 0 bridgehead atoms. The lowest BCUT2D eigenvalue weighted by Gasteiger charge is -2.18. The largest absolute Gasteiger partial charge is 0.351 e. The lowest BCUT2D eigenvalue weighted by atomic mass is 10.1. The monoisotopic (exact) mass is 385 g/mol. The van der Waals surface area contributed by atoms with Crippen molar-refractivity contribution in [3.05, 3.63) is 80.2 Å². The smallest absolute Gasteiger partial charge is 0.275 e. The van der Waals surface area contributed by atoms with Gasteiger partial charge in [0.05, 0.1) is 9.75 Å². The van der Waals surface area contributed by atoms with Gasteiger partial charge in [0, 0.05) is 6.54 Å². The van der Waals surface area contributed by atoms with Gasteiger partial charge in [-0.1, -0.05) is 36.4 Å². The molecule has 5 heteroatoms. The van der Waals surface area contributed by atoms with E-state index in [1.807, 2.05) is 6.07 Å². The van der Waals surface area contributed by atoms with Gasteiger partial charge in [0.2, 0.25) is 0 Å². The minimum Gasteiger partial charge on any atom is -0.351 e. The number of carbonyl (C=O) groups is 1. The zero-order valence-corrected chi connectivity index (χ0v) is 16.7. The normalized spacial score (nSPS) is 11.0. The molecule has 1 amide bonds. The van der Waals surface area contributed by atoms with Gasteiger partial charge in [-0.05, 0) is 47.4 Å². The lowest BCUT2D eigenvalue weighted by molar-refractivity contribution is -0.919. The molecule has 0 fully saturated rings. The van der Waals surface area contributed by atoms with Crippen molar-refractivity contribution in [3.8, 4) is 0 Å². The van der Waals surface area contributed by atoms with Crippen LogP contribution in [-0.2, 0) is 24.3 Å². The number of quaternary nitrogens is 1. The number of benzene rings is 1. The Morgan fingerprint density at radius 3 is 2.19 bits per heavy atom. The fourth-order valence-electron chi connectivity index (χ4n) is 3.02. The van der Waals surface area contributed by atoms with Crippen molar-refractivity contribution in [1.29, 1.82) is 0 Å². The number of hydrogen-bond acceptors (Lipinski definition) is 3. The molecule has 0 saturated carbocycles. The summed E-state index contributed by atoms with van der Waals surface area (Å²) in [5.41, 5.74) is 2.58. The molecule has 136 valence electrons. The van der Waals surface area contributed by atoms with Crippen molar-refractivity contribution in [2.75, 3.05) is 13.1 Å². The first-order chi connectivity index (χ1) is 12.7. The predicted octanol–water partition coefficient (Wildman–Crippen LogP) is 3.06. The molecule has 0 aliphatic carbocycles. The lowest BCUT2D eigenvalue weighted by Crippen LogP contribution is -3.10. The molecule has 26 heavy (non-hydrogen) atoms. The molecule has 0 aliphatic rings. The van der Waals surface area contributed by atoms with E-state index in [1.165, 1.54) is 25.8 Å². The van der Waals surface area contributed by atoms with Crippen molar-refractivity contribution < 1.29 is 9.69 Å². The molecule has 3 rings (SSSR count). The number of nitrogens with one attached hydrogen (secondary N) is 2. The third kappa shape index (κ3) is 5.80. The van der Waals surface area contributed by atoms with Gasteiger partial charge in [-0.3, -0.25) is 4.79 Å². The zero-order chi connectivity index (χ0) is 18.2. The van der Waals surface area contributed by atoms with Crippen LogP contribution in [0.1, 0.15) is 20.9 Å². The Balaban J connectivity index is 1.51. The standard InChI is InChI=1S/C21H24N2OS2/c1-17-6-2-3-7-18(17)10-11-22-21(24)16-23(14-19-8-4-12-25-19)15-20-9-5-13-26-20/h2-9,12-13H,10-11,14-16H2,1H3,(H,22,24)/p+1. The van der Waals surface area contributed by atoms with Crippen molar-refractivity contribution >= 4 is 28.6 Å². The van der Waals surface area contributed by atoms with E-state index in [0.29, 0.717) is 13.1 Å². The van der Waals surface area contributed by atoms with Gasteiger partial charge in [-0.15, -0.1) is 22.7 Å². The van der Waals surface area contributed by atoms with E-state index in [4.69, 9.17) is 0 Å². The van der Waals surface area contributed by atoms with E-state index in [1.54, 1.807) is 22.7 Å². The van der Waals surface area contributed by atoms with E-state index >= 15 is 0 Å². The Labute approximate surface area is 163 Å². The Morgan fingerprint density at radius 2 is 1.62 bits per heavy atom. The first-order valence-electron chi connectivity index (χ1n) is 8.90. The summed E-state index contributed by atoms with van der Waals surface area (Å²) in [7, 11) is 0. The molecule has 0 aliphatic heterocycles. The van der Waals surface area contributed by atoms with Gasteiger partial charge in [-0.2, -0.15) is 0 Å². The minimum absolute atomic E-state index is 0.127. The summed E-state index contributed by atoms with van der Waals surface area (Å²) in [6.45, 7) is 5.09. The maximum Gasteiger partial charge on any atom is 0.275 e. The third-order valence-corrected chi connectivity index (χ3v) is 6.15. The topological polar surface area (TPSA) is 33.5 Å². The summed E-state index contributed by atoms with van der Waals surface area (Å²) in [4.78, 5) is 16.4. The van der Waals surface area contributed by atoms with Crippen molar-refractivity contribution in [1.82, 2.24) is 5.32 Å². The van der Waals surface area contributed by atoms with E-state index < -0.39 is 0 Å². The molecule has 2 N–H and O–H groups in total. The van der Waals surface area contributed by atoms with Gasteiger partial charge >= 0.3 is 0 Å². The van der Waals surface area contributed by atoms with Gasteiger partial charge in [0.1, 0.15) is 13.1 Å². The highest BCUT2D eigenvalue weighted by molar-refractivity contribution is 7.10. The number of carbonyl (C=O) groups excluding carboxylic acids is 1. The Morgan fingerprint density at radius 1 is 0.962 bits per heavy atom. The van der Waals surface area contributed by atoms with Crippen LogP contribution in [0.4, 0.5) is 0 Å². The zero-order valence-electron chi connectivity index (χ0n) is 15.0. The summed E-state index contributed by atoms with van der Waals surface area (Å²) >= 11 is 3.52. The Hall–Kier alpha value is -1.95. The summed E-state index contributed by atoms with van der Waals surface area (Å²) in [6.07, 6.45) is 0.879. The Kier molecular flexibility index (Phi) is 7.00. The van der Waals surface area contributed by atoms with E-state index in [0.717, 1.165) is 19.5 Å². The van der Waals surface area contributed by atoms with E-state index in [9.17, 15) is 4.79 Å². The van der Waals surface area contributed by atoms with Crippen LogP contribution >= 0.6 is 22.7 Å². The highest BCUT2D eigenvalue weighted by Gasteiger charge is 2.16. The van der Waals surface area contributed by atoms with E-state index in [-0.39, 0.29) is 5.91 Å². The first kappa shape index (κ1) is 18.8. The Bertz CT molecular complexity index is 761. The highest BCUT2D eigenvalue weighted by Crippen LogP contribution is 2.09. The molecule has 0 atom stereocenters. The maximum atomic E-state index is 12.5. The molecule has 3 nitrogen and oxygen atoms in total. The van der Waals surface area contributed by atoms with Crippen LogP contribution in [0.5, 0.6) is 0 Å². The SMILES string of the molecule is Cc1ccccc1CCNC(=O)C[NH+](Cc1cccs1)Cc1cccs1.